The van der Waals surface area contributed by atoms with Crippen LogP contribution in [0.25, 0.3) is 87.3 Å². The minimum atomic E-state index is -0.600. The zero-order chi connectivity index (χ0) is 40.8. The van der Waals surface area contributed by atoms with E-state index in [1.54, 1.807) is 48.5 Å². The highest BCUT2D eigenvalue weighted by molar-refractivity contribution is 6.24. The summed E-state index contributed by atoms with van der Waals surface area (Å²) in [6.07, 6.45) is 0. The molecular formula is C40H24O. The Bertz CT molecular complexity index is 3300. The van der Waals surface area contributed by atoms with Crippen LogP contribution in [-0.4, -0.2) is 0 Å². The van der Waals surface area contributed by atoms with E-state index in [0.29, 0.717) is 32.7 Å². The van der Waals surface area contributed by atoms with Crippen molar-refractivity contribution in [1.82, 2.24) is 0 Å². The maximum absolute atomic E-state index is 9.70. The molecule has 1 heterocycles. The molecular weight excluding hydrogens is 496 g/mol. The average Bonchev–Trinajstić information content (AvgIpc) is 3.61. The highest BCUT2D eigenvalue weighted by Crippen LogP contribution is 2.46. The Morgan fingerprint density at radius 1 is 0.439 bits per heavy atom. The molecule has 0 atom stereocenters. The summed E-state index contributed by atoms with van der Waals surface area (Å²) < 4.78 is 147. The molecule has 0 saturated heterocycles. The number of hydrogen-bond acceptors (Lipinski definition) is 1. The molecule has 0 amide bonds. The van der Waals surface area contributed by atoms with Crippen LogP contribution in [0.5, 0.6) is 0 Å². The first kappa shape index (κ1) is 12.0. The summed E-state index contributed by atoms with van der Waals surface area (Å²) in [5.74, 6) is 0. The fourth-order valence-corrected chi connectivity index (χ4v) is 5.70. The van der Waals surface area contributed by atoms with Gasteiger partial charge in [-0.2, -0.15) is 0 Å². The van der Waals surface area contributed by atoms with E-state index in [9.17, 15) is 5.48 Å². The monoisotopic (exact) mass is 536 g/mol. The molecule has 0 radical (unpaired) electrons. The molecule has 0 aliphatic heterocycles. The maximum Gasteiger partial charge on any atom is 0.143 e. The summed E-state index contributed by atoms with van der Waals surface area (Å²) in [5.41, 5.74) is 0.0386. The average molecular weight is 537 g/mol. The van der Waals surface area contributed by atoms with Gasteiger partial charge in [0.1, 0.15) is 11.2 Å². The van der Waals surface area contributed by atoms with Crippen LogP contribution in [0.1, 0.15) is 21.9 Å². The molecule has 0 saturated carbocycles. The minimum absolute atomic E-state index is 0.00938. The lowest BCUT2D eigenvalue weighted by molar-refractivity contribution is 0.672. The quantitative estimate of drug-likeness (QED) is 0.200. The zero-order valence-corrected chi connectivity index (χ0v) is 21.0. The van der Waals surface area contributed by atoms with Crippen molar-refractivity contribution < 1.29 is 26.3 Å². The molecule has 0 aliphatic rings. The SMILES string of the molecule is [2H]c1c(-c2c3ccccc3c(-c3c([2H])c([2H])c([2H])c4c([2H])c([2H])c([2H])c([2H])c34)c3ccccc23)c([2H])c2c(oc3c4c([2H])c([2H])c([2H])c([2H])c4c([2H])c([2H])c32)c1[2H]. The lowest BCUT2D eigenvalue weighted by atomic mass is 9.84. The number of fused-ring (bicyclic) bond motifs is 8. The van der Waals surface area contributed by atoms with Crippen LogP contribution in [0.4, 0.5) is 0 Å². The smallest absolute Gasteiger partial charge is 0.143 e. The largest absolute Gasteiger partial charge is 0.455 e. The second kappa shape index (κ2) is 8.55. The molecule has 8 aromatic carbocycles. The van der Waals surface area contributed by atoms with Crippen molar-refractivity contribution in [3.63, 3.8) is 0 Å². The molecule has 0 unspecified atom stereocenters. The first-order chi connectivity index (χ1) is 27.0. The van der Waals surface area contributed by atoms with Crippen LogP contribution in [0.15, 0.2) is 150 Å². The van der Waals surface area contributed by atoms with Gasteiger partial charge in [0.05, 0.1) is 21.9 Å². The van der Waals surface area contributed by atoms with Crippen molar-refractivity contribution >= 4 is 65.0 Å². The van der Waals surface area contributed by atoms with Gasteiger partial charge in [-0.15, -0.1) is 0 Å². The Balaban J connectivity index is 1.50. The second-order valence-corrected chi connectivity index (χ2v) is 9.60. The van der Waals surface area contributed by atoms with E-state index in [1.807, 2.05) is 0 Å². The normalized spacial score (nSPS) is 17.4. The Morgan fingerprint density at radius 2 is 1.05 bits per heavy atom. The van der Waals surface area contributed by atoms with E-state index >= 15 is 0 Å². The van der Waals surface area contributed by atoms with Crippen molar-refractivity contribution in [3.8, 4) is 22.3 Å². The van der Waals surface area contributed by atoms with Gasteiger partial charge in [0.2, 0.25) is 0 Å². The van der Waals surface area contributed by atoms with Crippen molar-refractivity contribution in [2.45, 2.75) is 0 Å². The number of furan rings is 1. The fourth-order valence-electron chi connectivity index (χ4n) is 5.70. The predicted molar refractivity (Wildman–Crippen MR) is 175 cm³/mol. The Hall–Kier alpha value is -5.40. The van der Waals surface area contributed by atoms with E-state index in [4.69, 9.17) is 20.9 Å². The second-order valence-electron chi connectivity index (χ2n) is 9.60. The molecule has 9 rings (SSSR count). The highest BCUT2D eigenvalue weighted by atomic mass is 16.3. The summed E-state index contributed by atoms with van der Waals surface area (Å²) >= 11 is 0. The first-order valence-electron chi connectivity index (χ1n) is 20.8. The van der Waals surface area contributed by atoms with Crippen LogP contribution in [0, 0.1) is 0 Å². The van der Waals surface area contributed by atoms with Gasteiger partial charge in [-0.05, 0) is 78.1 Å². The van der Waals surface area contributed by atoms with Gasteiger partial charge in [0, 0.05) is 16.2 Å². The first-order valence-corrected chi connectivity index (χ1v) is 12.8. The van der Waals surface area contributed by atoms with Gasteiger partial charge < -0.3 is 4.42 Å². The van der Waals surface area contributed by atoms with Gasteiger partial charge in [-0.25, -0.2) is 0 Å². The molecule has 1 heteroatoms. The molecule has 0 spiro atoms. The molecule has 0 fully saturated rings. The lowest BCUT2D eigenvalue weighted by Crippen LogP contribution is -1.91. The van der Waals surface area contributed by atoms with E-state index in [0.717, 1.165) is 0 Å². The summed E-state index contributed by atoms with van der Waals surface area (Å²) in [6.45, 7) is 0. The molecule has 0 bridgehead atoms. The lowest BCUT2D eigenvalue weighted by Gasteiger charge is -2.18. The third kappa shape index (κ3) is 3.24. The van der Waals surface area contributed by atoms with Crippen LogP contribution in [-0.2, 0) is 0 Å². The van der Waals surface area contributed by atoms with Crippen LogP contribution in [0.3, 0.4) is 0 Å². The van der Waals surface area contributed by atoms with Crippen LogP contribution < -0.4 is 0 Å². The molecule has 0 N–H and O–H groups in total. The molecule has 0 aliphatic carbocycles. The molecule has 41 heavy (non-hydrogen) atoms. The van der Waals surface area contributed by atoms with Crippen LogP contribution in [0.2, 0.25) is 0 Å². The summed E-state index contributed by atoms with van der Waals surface area (Å²) in [6, 6.07) is 5.34. The zero-order valence-electron chi connectivity index (χ0n) is 37.0. The maximum atomic E-state index is 9.70. The van der Waals surface area contributed by atoms with Crippen molar-refractivity contribution in [2.24, 2.45) is 0 Å². The third-order valence-electron chi connectivity index (χ3n) is 7.43. The van der Waals surface area contributed by atoms with E-state index in [1.165, 1.54) is 0 Å². The minimum Gasteiger partial charge on any atom is -0.455 e. The van der Waals surface area contributed by atoms with Gasteiger partial charge in [-0.1, -0.05) is 127 Å². The Labute approximate surface area is 259 Å². The van der Waals surface area contributed by atoms with Gasteiger partial charge in [0.25, 0.3) is 0 Å². The predicted octanol–water partition coefficient (Wildman–Crippen LogP) is 11.5. The van der Waals surface area contributed by atoms with E-state index in [2.05, 4.69) is 0 Å². The highest BCUT2D eigenvalue weighted by Gasteiger charge is 2.19. The third-order valence-corrected chi connectivity index (χ3v) is 7.43. The summed E-state index contributed by atoms with van der Waals surface area (Å²) in [5, 5.41) is 0.610. The Morgan fingerprint density at radius 3 is 1.78 bits per heavy atom. The number of hydrogen-bond donors (Lipinski definition) is 0. The van der Waals surface area contributed by atoms with E-state index < -0.39 is 90.6 Å². The van der Waals surface area contributed by atoms with Crippen molar-refractivity contribution in [2.75, 3.05) is 0 Å². The molecule has 190 valence electrons. The standard InChI is InChI=1S/C40H24O/c1-3-13-28-25(10-1)12-9-19-30(28)39-33-17-7-5-15-31(33)38(32-16-6-8-18-34(32)39)27-21-23-37-36(24-27)35-22-20-26-11-2-4-14-29(26)40(35)41-37/h1-24H/i1D,2D,3D,4D,9D,10D,11D,12D,13D,14D,19D,20D,21D,22D,23D,24D. The van der Waals surface area contributed by atoms with Crippen molar-refractivity contribution in [1.29, 1.82) is 0 Å². The fraction of sp³-hybridized carbons (Fsp3) is 0. The summed E-state index contributed by atoms with van der Waals surface area (Å²) in [4.78, 5) is 0. The van der Waals surface area contributed by atoms with E-state index in [-0.39, 0.29) is 60.7 Å². The summed E-state index contributed by atoms with van der Waals surface area (Å²) in [7, 11) is 0. The van der Waals surface area contributed by atoms with Crippen molar-refractivity contribution in [3.05, 3.63) is 145 Å². The Kier molecular flexibility index (Phi) is 2.50. The molecule has 1 nitrogen and oxygen atoms in total. The van der Waals surface area contributed by atoms with Gasteiger partial charge >= 0.3 is 0 Å². The topological polar surface area (TPSA) is 13.1 Å². The van der Waals surface area contributed by atoms with Gasteiger partial charge in [-0.3, -0.25) is 0 Å². The molecule has 9 aromatic rings. The van der Waals surface area contributed by atoms with Crippen LogP contribution >= 0.6 is 0 Å². The molecule has 1 aromatic heterocycles. The number of rotatable bonds is 2. The number of benzene rings is 8. The van der Waals surface area contributed by atoms with Gasteiger partial charge in [0.15, 0.2) is 0 Å².